The quantitative estimate of drug-likeness (QED) is 0.0320. The van der Waals surface area contributed by atoms with Crippen LogP contribution in [0.3, 0.4) is 0 Å². The predicted octanol–water partition coefficient (Wildman–Crippen LogP) is 30.1. The molecule has 2 atom stereocenters. The number of esters is 1. The van der Waals surface area contributed by atoms with E-state index < -0.39 is 12.1 Å². The topological polar surface area (TPSA) is 95.9 Å². The van der Waals surface area contributed by atoms with Gasteiger partial charge in [-0.15, -0.1) is 0 Å². The molecule has 0 bridgehead atoms. The molecular formula is C92H173NO5. The Hall–Kier alpha value is -2.44. The summed E-state index contributed by atoms with van der Waals surface area (Å²) in [5.74, 6) is -0.0469. The number of rotatable bonds is 84. The van der Waals surface area contributed by atoms with Crippen molar-refractivity contribution < 1.29 is 24.5 Å². The van der Waals surface area contributed by atoms with Crippen molar-refractivity contribution in [2.24, 2.45) is 0 Å². The lowest BCUT2D eigenvalue weighted by Gasteiger charge is -2.20. The van der Waals surface area contributed by atoms with E-state index in [0.29, 0.717) is 19.4 Å². The van der Waals surface area contributed by atoms with E-state index in [-0.39, 0.29) is 18.5 Å². The highest BCUT2D eigenvalue weighted by atomic mass is 16.5. The molecule has 0 aliphatic carbocycles. The Morgan fingerprint density at radius 3 is 0.796 bits per heavy atom. The Morgan fingerprint density at radius 1 is 0.286 bits per heavy atom. The number of amides is 1. The van der Waals surface area contributed by atoms with Crippen LogP contribution in [0.4, 0.5) is 0 Å². The first kappa shape index (κ1) is 95.6. The minimum absolute atomic E-state index is 0.0129. The van der Waals surface area contributed by atoms with Crippen molar-refractivity contribution in [3.05, 3.63) is 60.8 Å². The molecule has 98 heavy (non-hydrogen) atoms. The zero-order chi connectivity index (χ0) is 70.5. The van der Waals surface area contributed by atoms with Crippen LogP contribution < -0.4 is 5.32 Å². The molecule has 0 saturated carbocycles. The smallest absolute Gasteiger partial charge is 0.305 e. The standard InChI is InChI=1S/C92H173NO5/c1-3-5-7-9-11-13-15-17-19-21-22-23-24-40-43-46-49-53-56-60-64-68-72-76-80-84-90(95)89(88-94)93-91(96)85-81-77-73-69-65-61-57-54-50-47-44-41-38-36-34-32-30-28-26-25-27-29-31-33-35-37-39-42-45-48-51-55-59-63-67-71-75-79-83-87-98-92(97)86-82-78-74-70-66-62-58-52-20-18-16-14-12-10-8-6-4-2/h12,14,18,20,25-26,29,31,80,84,89-90,94-95H,3-11,13,15-17,19,21-24,27-28,30,32-79,81-83,85-88H2,1-2H3,(H,93,96)/b14-12-,20-18-,26-25-,31-29-,84-80+. The highest BCUT2D eigenvalue weighted by Crippen LogP contribution is 2.20. The van der Waals surface area contributed by atoms with Crippen LogP contribution in [0.15, 0.2) is 60.8 Å². The minimum atomic E-state index is -0.845. The van der Waals surface area contributed by atoms with Gasteiger partial charge in [0, 0.05) is 12.8 Å². The summed E-state index contributed by atoms with van der Waals surface area (Å²) in [6.07, 6.45) is 118. The third-order valence-electron chi connectivity index (χ3n) is 20.8. The fourth-order valence-electron chi connectivity index (χ4n) is 14.0. The van der Waals surface area contributed by atoms with Crippen molar-refractivity contribution in [3.8, 4) is 0 Å². The number of allylic oxidation sites excluding steroid dienone is 9. The van der Waals surface area contributed by atoms with Gasteiger partial charge in [0.2, 0.25) is 5.91 Å². The molecule has 6 heteroatoms. The molecule has 2 unspecified atom stereocenters. The lowest BCUT2D eigenvalue weighted by atomic mass is 10.0. The van der Waals surface area contributed by atoms with Crippen molar-refractivity contribution in [2.75, 3.05) is 13.2 Å². The van der Waals surface area contributed by atoms with E-state index in [9.17, 15) is 19.8 Å². The van der Waals surface area contributed by atoms with Gasteiger partial charge < -0.3 is 20.3 Å². The summed E-state index contributed by atoms with van der Waals surface area (Å²) in [5.41, 5.74) is 0. The molecule has 0 heterocycles. The zero-order valence-corrected chi connectivity index (χ0v) is 66.3. The van der Waals surface area contributed by atoms with E-state index in [1.807, 2.05) is 6.08 Å². The van der Waals surface area contributed by atoms with Gasteiger partial charge in [-0.25, -0.2) is 0 Å². The van der Waals surface area contributed by atoms with Gasteiger partial charge in [-0.05, 0) is 96.3 Å². The van der Waals surface area contributed by atoms with Crippen LogP contribution in [-0.4, -0.2) is 47.4 Å². The van der Waals surface area contributed by atoms with Crippen LogP contribution in [-0.2, 0) is 14.3 Å². The molecule has 3 N–H and O–H groups in total. The second kappa shape index (κ2) is 87.0. The van der Waals surface area contributed by atoms with Gasteiger partial charge in [0.05, 0.1) is 25.4 Å². The maximum absolute atomic E-state index is 12.6. The lowest BCUT2D eigenvalue weighted by molar-refractivity contribution is -0.143. The maximum Gasteiger partial charge on any atom is 0.305 e. The molecule has 0 fully saturated rings. The van der Waals surface area contributed by atoms with Crippen LogP contribution in [0.1, 0.15) is 489 Å². The Bertz CT molecular complexity index is 1680. The van der Waals surface area contributed by atoms with Gasteiger partial charge in [0.1, 0.15) is 0 Å². The first-order chi connectivity index (χ1) is 48.5. The van der Waals surface area contributed by atoms with E-state index in [0.717, 1.165) is 57.8 Å². The van der Waals surface area contributed by atoms with E-state index >= 15 is 0 Å². The van der Waals surface area contributed by atoms with Crippen molar-refractivity contribution in [1.82, 2.24) is 5.32 Å². The monoisotopic (exact) mass is 1370 g/mol. The van der Waals surface area contributed by atoms with Crippen LogP contribution in [0, 0.1) is 0 Å². The molecule has 0 spiro atoms. The predicted molar refractivity (Wildman–Crippen MR) is 435 cm³/mol. The van der Waals surface area contributed by atoms with Crippen molar-refractivity contribution in [1.29, 1.82) is 0 Å². The number of ether oxygens (including phenoxy) is 1. The number of unbranched alkanes of at least 4 members (excludes halogenated alkanes) is 65. The molecule has 0 radical (unpaired) electrons. The van der Waals surface area contributed by atoms with E-state index in [4.69, 9.17) is 4.74 Å². The molecule has 0 aliphatic heterocycles. The van der Waals surface area contributed by atoms with Gasteiger partial charge in [-0.1, -0.05) is 441 Å². The molecule has 6 nitrogen and oxygen atoms in total. The van der Waals surface area contributed by atoms with Gasteiger partial charge in [0.25, 0.3) is 0 Å². The average molecular weight is 1370 g/mol. The van der Waals surface area contributed by atoms with Crippen molar-refractivity contribution >= 4 is 11.9 Å². The molecule has 1 amide bonds. The van der Waals surface area contributed by atoms with Crippen LogP contribution in [0.5, 0.6) is 0 Å². The van der Waals surface area contributed by atoms with Gasteiger partial charge in [-0.3, -0.25) is 9.59 Å². The number of carbonyl (C=O) groups is 2. The van der Waals surface area contributed by atoms with Crippen LogP contribution in [0.2, 0.25) is 0 Å². The van der Waals surface area contributed by atoms with E-state index in [1.165, 1.54) is 405 Å². The highest BCUT2D eigenvalue weighted by molar-refractivity contribution is 5.76. The molecule has 0 aromatic heterocycles. The number of hydrogen-bond acceptors (Lipinski definition) is 5. The fraction of sp³-hybridized carbons (Fsp3) is 0.870. The summed E-state index contributed by atoms with van der Waals surface area (Å²) in [6.45, 7) is 4.93. The summed E-state index contributed by atoms with van der Waals surface area (Å²) in [5, 5.41) is 23.3. The average Bonchev–Trinajstić information content (AvgIpc) is 1.73. The Morgan fingerprint density at radius 2 is 0.510 bits per heavy atom. The summed E-state index contributed by atoms with van der Waals surface area (Å²) in [7, 11) is 0. The number of aliphatic hydroxyl groups excluding tert-OH is 2. The Balaban J connectivity index is 3.38. The van der Waals surface area contributed by atoms with Gasteiger partial charge in [-0.2, -0.15) is 0 Å². The summed E-state index contributed by atoms with van der Waals surface area (Å²) in [4.78, 5) is 24.7. The van der Waals surface area contributed by atoms with E-state index in [1.54, 1.807) is 6.08 Å². The molecule has 0 aliphatic rings. The first-order valence-corrected chi connectivity index (χ1v) is 44.6. The SMILES string of the molecule is CCCCC/C=C\C/C=C\CCCCCCCCCC(=O)OCCCCCCCCCCCCCCCCC/C=C\C/C=C\CCCCCCCCCCCCCCCCCCCC(=O)NC(CO)C(O)/C=C/CCCCCCCCCCCCCCCCCCCCCCCCC. The molecule has 0 saturated heterocycles. The largest absolute Gasteiger partial charge is 0.466 e. The van der Waals surface area contributed by atoms with Gasteiger partial charge >= 0.3 is 5.97 Å². The summed E-state index contributed by atoms with van der Waals surface area (Å²) in [6, 6.07) is -0.628. The lowest BCUT2D eigenvalue weighted by Crippen LogP contribution is -2.45. The molecule has 0 aromatic carbocycles. The Kier molecular flexibility index (Phi) is 84.8. The number of hydrogen-bond donors (Lipinski definition) is 3. The number of aliphatic hydroxyl groups is 2. The summed E-state index contributed by atoms with van der Waals surface area (Å²) < 4.78 is 5.51. The van der Waals surface area contributed by atoms with Crippen molar-refractivity contribution in [3.63, 3.8) is 0 Å². The molecule has 0 aromatic rings. The summed E-state index contributed by atoms with van der Waals surface area (Å²) >= 11 is 0. The van der Waals surface area contributed by atoms with Gasteiger partial charge in [0.15, 0.2) is 0 Å². The zero-order valence-electron chi connectivity index (χ0n) is 66.3. The second-order valence-corrected chi connectivity index (χ2v) is 30.6. The molecule has 576 valence electrons. The minimum Gasteiger partial charge on any atom is -0.466 e. The molecule has 0 rings (SSSR count). The maximum atomic E-state index is 12.6. The normalized spacial score (nSPS) is 12.7. The first-order valence-electron chi connectivity index (χ1n) is 44.6. The van der Waals surface area contributed by atoms with Crippen molar-refractivity contribution in [2.45, 2.75) is 501 Å². The van der Waals surface area contributed by atoms with Crippen LogP contribution >= 0.6 is 0 Å². The fourth-order valence-corrected chi connectivity index (χ4v) is 14.0. The number of carbonyl (C=O) groups excluding carboxylic acids is 2. The third-order valence-corrected chi connectivity index (χ3v) is 20.8. The highest BCUT2D eigenvalue weighted by Gasteiger charge is 2.18. The molecular weight excluding hydrogens is 1200 g/mol. The Labute approximate surface area is 613 Å². The third kappa shape index (κ3) is 82.5. The second-order valence-electron chi connectivity index (χ2n) is 30.6. The number of nitrogens with one attached hydrogen (secondary N) is 1. The van der Waals surface area contributed by atoms with E-state index in [2.05, 4.69) is 67.8 Å². The van der Waals surface area contributed by atoms with Crippen LogP contribution in [0.25, 0.3) is 0 Å².